The van der Waals surface area contributed by atoms with Gasteiger partial charge in [0, 0.05) is 6.04 Å². The average molecular weight is 251 g/mol. The lowest BCUT2D eigenvalue weighted by atomic mass is 10.2. The fraction of sp³-hybridized carbons (Fsp3) is 0.385. The molecule has 0 N–H and O–H groups in total. The summed E-state index contributed by atoms with van der Waals surface area (Å²) in [5, 5.41) is 0. The fourth-order valence-corrected chi connectivity index (χ4v) is 3.03. The van der Waals surface area contributed by atoms with Crippen LogP contribution in [0.5, 0.6) is 0 Å². The van der Waals surface area contributed by atoms with Gasteiger partial charge in [0.1, 0.15) is 0 Å². The molecule has 0 amide bonds. The number of aryl methyl sites for hydroxylation is 1. The van der Waals surface area contributed by atoms with E-state index in [-0.39, 0.29) is 17.5 Å². The van der Waals surface area contributed by atoms with Gasteiger partial charge in [0.25, 0.3) is 0 Å². The summed E-state index contributed by atoms with van der Waals surface area (Å²) in [4.78, 5) is 0.284. The second kappa shape index (κ2) is 5.35. The van der Waals surface area contributed by atoms with E-state index >= 15 is 0 Å². The van der Waals surface area contributed by atoms with Crippen molar-refractivity contribution in [2.45, 2.75) is 31.7 Å². The third-order valence-corrected chi connectivity index (χ3v) is 4.49. The summed E-state index contributed by atoms with van der Waals surface area (Å²) >= 11 is 0. The summed E-state index contributed by atoms with van der Waals surface area (Å²) in [6.07, 6.45) is 5.21. The van der Waals surface area contributed by atoms with Crippen LogP contribution >= 0.6 is 0 Å². The molecular weight excluding hydrogens is 234 g/mol. The molecule has 0 saturated heterocycles. The molecule has 0 atom stereocenters. The monoisotopic (exact) mass is 251 g/mol. The van der Waals surface area contributed by atoms with Crippen LogP contribution in [0.4, 0.5) is 0 Å². The van der Waals surface area contributed by atoms with E-state index in [4.69, 9.17) is 6.42 Å². The Balaban J connectivity index is 3.17. The minimum atomic E-state index is -3.49. The third kappa shape index (κ3) is 3.09. The van der Waals surface area contributed by atoms with Gasteiger partial charge in [0.05, 0.1) is 11.4 Å². The fourth-order valence-electron chi connectivity index (χ4n) is 1.48. The van der Waals surface area contributed by atoms with Crippen LogP contribution in [0.15, 0.2) is 29.2 Å². The molecule has 1 aromatic rings. The van der Waals surface area contributed by atoms with Crippen LogP contribution in [0.3, 0.4) is 0 Å². The van der Waals surface area contributed by atoms with Crippen LogP contribution in [0.25, 0.3) is 0 Å². The third-order valence-electron chi connectivity index (χ3n) is 2.45. The van der Waals surface area contributed by atoms with Gasteiger partial charge in [-0.25, -0.2) is 8.42 Å². The Morgan fingerprint density at radius 1 is 1.29 bits per heavy atom. The molecule has 1 aromatic carbocycles. The first-order chi connectivity index (χ1) is 7.89. The van der Waals surface area contributed by atoms with Gasteiger partial charge in [0.15, 0.2) is 0 Å². The molecule has 0 unspecified atom stereocenters. The number of rotatable bonds is 4. The van der Waals surface area contributed by atoms with Crippen LogP contribution in [0, 0.1) is 19.3 Å². The van der Waals surface area contributed by atoms with Crippen molar-refractivity contribution >= 4 is 10.0 Å². The Bertz CT molecular complexity index is 509. The summed E-state index contributed by atoms with van der Waals surface area (Å²) in [7, 11) is -3.49. The number of nitrogens with zero attached hydrogens (tertiary/aromatic N) is 1. The van der Waals surface area contributed by atoms with Crippen molar-refractivity contribution in [2.24, 2.45) is 0 Å². The Morgan fingerprint density at radius 3 is 2.24 bits per heavy atom. The van der Waals surface area contributed by atoms with Crippen LogP contribution in [-0.2, 0) is 10.0 Å². The van der Waals surface area contributed by atoms with E-state index in [0.29, 0.717) is 0 Å². The predicted octanol–water partition coefficient (Wildman–Crippen LogP) is 2.03. The lowest BCUT2D eigenvalue weighted by Crippen LogP contribution is -2.37. The highest BCUT2D eigenvalue weighted by atomic mass is 32.2. The summed E-state index contributed by atoms with van der Waals surface area (Å²) in [6, 6.07) is 6.62. The molecule has 0 aliphatic heterocycles. The number of sulfonamides is 1. The van der Waals surface area contributed by atoms with Crippen molar-refractivity contribution in [3.05, 3.63) is 29.8 Å². The van der Waals surface area contributed by atoms with E-state index in [2.05, 4.69) is 5.92 Å². The molecule has 0 aromatic heterocycles. The zero-order chi connectivity index (χ0) is 13.1. The summed E-state index contributed by atoms with van der Waals surface area (Å²) in [5.41, 5.74) is 1.02. The van der Waals surface area contributed by atoms with Gasteiger partial charge in [0.2, 0.25) is 10.0 Å². The molecule has 0 saturated carbocycles. The van der Waals surface area contributed by atoms with Crippen molar-refractivity contribution in [3.63, 3.8) is 0 Å². The van der Waals surface area contributed by atoms with Crippen LogP contribution < -0.4 is 0 Å². The van der Waals surface area contributed by atoms with Crippen molar-refractivity contribution in [3.8, 4) is 12.3 Å². The van der Waals surface area contributed by atoms with Crippen LogP contribution in [0.2, 0.25) is 0 Å². The molecule has 0 aliphatic rings. The van der Waals surface area contributed by atoms with E-state index in [1.54, 1.807) is 24.3 Å². The second-order valence-electron chi connectivity index (χ2n) is 4.16. The molecule has 4 heteroatoms. The van der Waals surface area contributed by atoms with E-state index in [1.165, 1.54) is 4.31 Å². The normalized spacial score (nSPS) is 11.8. The van der Waals surface area contributed by atoms with E-state index in [1.807, 2.05) is 20.8 Å². The Kier molecular flexibility index (Phi) is 4.33. The largest absolute Gasteiger partial charge is 0.244 e. The van der Waals surface area contributed by atoms with Crippen LogP contribution in [0.1, 0.15) is 19.4 Å². The van der Waals surface area contributed by atoms with E-state index in [9.17, 15) is 8.42 Å². The first-order valence-corrected chi connectivity index (χ1v) is 6.85. The number of hydrogen-bond donors (Lipinski definition) is 0. The van der Waals surface area contributed by atoms with E-state index in [0.717, 1.165) is 5.56 Å². The molecular formula is C13H17NO2S. The van der Waals surface area contributed by atoms with Gasteiger partial charge < -0.3 is 0 Å². The van der Waals surface area contributed by atoms with Gasteiger partial charge in [-0.15, -0.1) is 6.42 Å². The highest BCUT2D eigenvalue weighted by Crippen LogP contribution is 2.18. The molecule has 1 rings (SSSR count). The minimum Gasteiger partial charge on any atom is -0.207 e. The lowest BCUT2D eigenvalue weighted by Gasteiger charge is -2.23. The number of benzene rings is 1. The van der Waals surface area contributed by atoms with E-state index < -0.39 is 10.0 Å². The molecule has 0 radical (unpaired) electrons. The van der Waals surface area contributed by atoms with Crippen molar-refractivity contribution < 1.29 is 8.42 Å². The average Bonchev–Trinajstić information content (AvgIpc) is 2.25. The molecule has 0 spiro atoms. The van der Waals surface area contributed by atoms with Crippen LogP contribution in [-0.4, -0.2) is 25.3 Å². The lowest BCUT2D eigenvalue weighted by molar-refractivity contribution is 0.387. The molecule has 0 heterocycles. The molecule has 0 fully saturated rings. The van der Waals surface area contributed by atoms with Gasteiger partial charge in [-0.3, -0.25) is 0 Å². The number of hydrogen-bond acceptors (Lipinski definition) is 2. The Labute approximate surface area is 104 Å². The molecule has 0 bridgehead atoms. The second-order valence-corrected chi connectivity index (χ2v) is 6.05. The Morgan fingerprint density at radius 2 is 1.82 bits per heavy atom. The van der Waals surface area contributed by atoms with Crippen molar-refractivity contribution in [1.29, 1.82) is 0 Å². The smallest absolute Gasteiger partial charge is 0.207 e. The standard InChI is InChI=1S/C13H17NO2S/c1-5-10-14(11(2)3)17(15,16)13-8-6-12(4)7-9-13/h1,6-9,11H,10H2,2-4H3. The molecule has 17 heavy (non-hydrogen) atoms. The zero-order valence-electron chi connectivity index (χ0n) is 10.3. The van der Waals surface area contributed by atoms with Gasteiger partial charge in [-0.1, -0.05) is 23.6 Å². The first-order valence-electron chi connectivity index (χ1n) is 5.41. The maximum absolute atomic E-state index is 12.3. The summed E-state index contributed by atoms with van der Waals surface area (Å²) < 4.78 is 25.9. The zero-order valence-corrected chi connectivity index (χ0v) is 11.2. The quantitative estimate of drug-likeness (QED) is 0.768. The highest BCUT2D eigenvalue weighted by molar-refractivity contribution is 7.89. The predicted molar refractivity (Wildman–Crippen MR) is 69.0 cm³/mol. The minimum absolute atomic E-state index is 0.0911. The molecule has 92 valence electrons. The molecule has 0 aliphatic carbocycles. The highest BCUT2D eigenvalue weighted by Gasteiger charge is 2.25. The SMILES string of the molecule is C#CCN(C(C)C)S(=O)(=O)c1ccc(C)cc1. The maximum atomic E-state index is 12.3. The summed E-state index contributed by atoms with van der Waals surface area (Å²) in [5.74, 6) is 2.38. The van der Waals surface area contributed by atoms with Gasteiger partial charge in [-0.05, 0) is 32.9 Å². The topological polar surface area (TPSA) is 37.4 Å². The summed E-state index contributed by atoms with van der Waals surface area (Å²) in [6.45, 7) is 5.62. The van der Waals surface area contributed by atoms with Crippen molar-refractivity contribution in [1.82, 2.24) is 4.31 Å². The number of terminal acetylenes is 1. The first kappa shape index (κ1) is 13.8. The Hall–Kier alpha value is -1.31. The maximum Gasteiger partial charge on any atom is 0.244 e. The van der Waals surface area contributed by atoms with Gasteiger partial charge >= 0.3 is 0 Å². The molecule has 3 nitrogen and oxygen atoms in total. The van der Waals surface area contributed by atoms with Crippen molar-refractivity contribution in [2.75, 3.05) is 6.54 Å². The van der Waals surface area contributed by atoms with Gasteiger partial charge in [-0.2, -0.15) is 4.31 Å².